The van der Waals surface area contributed by atoms with Crippen LogP contribution in [0.15, 0.2) is 11.0 Å². The summed E-state index contributed by atoms with van der Waals surface area (Å²) < 4.78 is 23.3. The van der Waals surface area contributed by atoms with Crippen molar-refractivity contribution in [2.75, 3.05) is 0 Å². The molecular formula is C26H41NO6P2S. The first-order valence-corrected chi connectivity index (χ1v) is 14.5. The zero-order valence-electron chi connectivity index (χ0n) is 22.2. The molecule has 1 aromatic rings. The highest BCUT2D eigenvalue weighted by molar-refractivity contribution is 7.10. The number of fused-ring (bicyclic) bond motifs is 1. The summed E-state index contributed by atoms with van der Waals surface area (Å²) in [5, 5.41) is 2.98. The number of rotatable bonds is 4. The Morgan fingerprint density at radius 2 is 1.92 bits per heavy atom. The lowest BCUT2D eigenvalue weighted by Gasteiger charge is -2.37. The standard InChI is InChI=1S/C26H41NO6P2S/c1-14-8-7-9-19-21(30-19)11-20(15(2)10-18-13-36-17(4)27-18)31-23(28)12-22(32-34)26(5,6)25(29)16(3)24(14)33-35/h10,13-14,16,19-22,24H,7-9,11-12,34-35H2,1-6H3/b15-10+/t14-,16+,19?,20?,21?,22-,24?/m0/s1. The van der Waals surface area contributed by atoms with E-state index in [1.54, 1.807) is 11.3 Å². The van der Waals surface area contributed by atoms with Gasteiger partial charge in [0.2, 0.25) is 0 Å². The van der Waals surface area contributed by atoms with Crippen molar-refractivity contribution in [3.63, 3.8) is 0 Å². The first-order valence-electron chi connectivity index (χ1n) is 12.7. The van der Waals surface area contributed by atoms with Crippen molar-refractivity contribution in [2.45, 2.75) is 104 Å². The predicted molar refractivity (Wildman–Crippen MR) is 148 cm³/mol. The monoisotopic (exact) mass is 557 g/mol. The van der Waals surface area contributed by atoms with Crippen molar-refractivity contribution < 1.29 is 28.1 Å². The maximum atomic E-state index is 13.6. The third-order valence-electron chi connectivity index (χ3n) is 7.66. The number of ether oxygens (including phenoxy) is 2. The van der Waals surface area contributed by atoms with Crippen LogP contribution in [-0.2, 0) is 28.1 Å². The Labute approximate surface area is 224 Å². The quantitative estimate of drug-likeness (QED) is 0.266. The first kappa shape index (κ1) is 29.8. The van der Waals surface area contributed by atoms with E-state index in [0.717, 1.165) is 35.5 Å². The molecule has 1 aromatic heterocycles. The van der Waals surface area contributed by atoms with Gasteiger partial charge in [0, 0.05) is 36.7 Å². The van der Waals surface area contributed by atoms with Crippen LogP contribution in [0.3, 0.4) is 0 Å². The van der Waals surface area contributed by atoms with Crippen molar-refractivity contribution in [2.24, 2.45) is 17.3 Å². The van der Waals surface area contributed by atoms with Crippen LogP contribution in [0.25, 0.3) is 6.08 Å². The molecule has 2 aliphatic heterocycles. The minimum atomic E-state index is -0.915. The van der Waals surface area contributed by atoms with Gasteiger partial charge in [0.1, 0.15) is 11.9 Å². The minimum absolute atomic E-state index is 0.00580. The van der Waals surface area contributed by atoms with Crippen LogP contribution in [-0.4, -0.2) is 47.3 Å². The van der Waals surface area contributed by atoms with Crippen LogP contribution in [0, 0.1) is 24.2 Å². The summed E-state index contributed by atoms with van der Waals surface area (Å²) >= 11 is 1.58. The Morgan fingerprint density at radius 1 is 1.19 bits per heavy atom. The largest absolute Gasteiger partial charge is 0.458 e. The number of Topliss-reactive ketones (excluding diaryl/α,β-unsaturated/α-hetero) is 1. The molecule has 3 heterocycles. The number of thiazole rings is 1. The predicted octanol–water partition coefficient (Wildman–Crippen LogP) is 5.72. The molecule has 0 spiro atoms. The second-order valence-electron chi connectivity index (χ2n) is 10.8. The topological polar surface area (TPSA) is 87.3 Å². The zero-order chi connectivity index (χ0) is 26.6. The van der Waals surface area contributed by atoms with Crippen LogP contribution in [0.4, 0.5) is 0 Å². The van der Waals surface area contributed by atoms with Gasteiger partial charge in [0.05, 0.1) is 47.0 Å². The van der Waals surface area contributed by atoms with Gasteiger partial charge in [-0.3, -0.25) is 9.59 Å². The molecule has 2 aliphatic rings. The van der Waals surface area contributed by atoms with Crippen molar-refractivity contribution >= 4 is 48.1 Å². The first-order chi connectivity index (χ1) is 17.0. The lowest BCUT2D eigenvalue weighted by Crippen LogP contribution is -2.46. The van der Waals surface area contributed by atoms with E-state index in [0.29, 0.717) is 6.42 Å². The molecular weight excluding hydrogens is 516 g/mol. The highest BCUT2D eigenvalue weighted by Gasteiger charge is 2.45. The SMILES string of the molecule is C/C(=C\c1csc(C)n1)C1CC2OC2CCC[C@H](C)C(OP)[C@@H](C)C(=O)C(C)(C)[C@@H](OP)CC(=O)O1. The molecule has 9 atom stereocenters. The molecule has 10 heteroatoms. The van der Waals surface area contributed by atoms with Crippen LogP contribution in [0.2, 0.25) is 0 Å². The zero-order valence-corrected chi connectivity index (χ0v) is 25.3. The Kier molecular flexibility index (Phi) is 10.7. The third-order valence-corrected chi connectivity index (χ3v) is 9.09. The molecule has 0 saturated carbocycles. The molecule has 2 saturated heterocycles. The molecule has 0 amide bonds. The summed E-state index contributed by atoms with van der Waals surface area (Å²) in [5.74, 6) is -0.559. The van der Waals surface area contributed by atoms with Gasteiger partial charge in [-0.2, -0.15) is 0 Å². The number of hydrogen-bond donors (Lipinski definition) is 0. The summed E-state index contributed by atoms with van der Waals surface area (Å²) in [5.41, 5.74) is 0.866. The number of esters is 1. The highest BCUT2D eigenvalue weighted by atomic mass is 32.1. The summed E-state index contributed by atoms with van der Waals surface area (Å²) in [6, 6.07) is 0. The van der Waals surface area contributed by atoms with Crippen LogP contribution < -0.4 is 0 Å². The summed E-state index contributed by atoms with van der Waals surface area (Å²) in [4.78, 5) is 31.3. The van der Waals surface area contributed by atoms with E-state index in [1.165, 1.54) is 0 Å². The Bertz CT molecular complexity index is 951. The third kappa shape index (κ3) is 7.42. The number of carbonyl (C=O) groups excluding carboxylic acids is 2. The van der Waals surface area contributed by atoms with Gasteiger partial charge in [-0.25, -0.2) is 4.98 Å². The Balaban J connectivity index is 1.86. The van der Waals surface area contributed by atoms with Crippen molar-refractivity contribution in [3.05, 3.63) is 21.7 Å². The number of cyclic esters (lactones) is 1. The number of aryl methyl sites for hydroxylation is 1. The molecule has 0 radical (unpaired) electrons. The Hall–Kier alpha value is -0.750. The number of carbonyl (C=O) groups is 2. The normalized spacial score (nSPS) is 34.7. The smallest absolute Gasteiger partial charge is 0.309 e. The number of nitrogens with zero attached hydrogens (tertiary/aromatic N) is 1. The molecule has 2 fully saturated rings. The van der Waals surface area contributed by atoms with Gasteiger partial charge < -0.3 is 18.5 Å². The number of ketones is 1. The van der Waals surface area contributed by atoms with E-state index in [4.69, 9.17) is 18.5 Å². The maximum Gasteiger partial charge on any atom is 0.309 e. The summed E-state index contributed by atoms with van der Waals surface area (Å²) in [6.07, 6.45) is 4.28. The second-order valence-corrected chi connectivity index (χ2v) is 12.4. The van der Waals surface area contributed by atoms with Gasteiger partial charge in [-0.15, -0.1) is 11.3 Å². The van der Waals surface area contributed by atoms with E-state index in [1.807, 2.05) is 46.1 Å². The molecule has 7 nitrogen and oxygen atoms in total. The lowest BCUT2D eigenvalue weighted by atomic mass is 9.73. The maximum absolute atomic E-state index is 13.6. The summed E-state index contributed by atoms with van der Waals surface area (Å²) in [6.45, 7) is 11.6. The van der Waals surface area contributed by atoms with E-state index >= 15 is 0 Å². The van der Waals surface area contributed by atoms with E-state index in [2.05, 4.69) is 30.8 Å². The van der Waals surface area contributed by atoms with E-state index in [-0.39, 0.29) is 42.4 Å². The van der Waals surface area contributed by atoms with Gasteiger partial charge in [0.15, 0.2) is 0 Å². The van der Waals surface area contributed by atoms with E-state index < -0.39 is 23.6 Å². The second kappa shape index (κ2) is 12.9. The summed E-state index contributed by atoms with van der Waals surface area (Å²) in [7, 11) is 4.55. The molecule has 6 unspecified atom stereocenters. The van der Waals surface area contributed by atoms with Crippen molar-refractivity contribution in [1.82, 2.24) is 4.98 Å². The molecule has 36 heavy (non-hydrogen) atoms. The fraction of sp³-hybridized carbons (Fsp3) is 0.731. The van der Waals surface area contributed by atoms with Gasteiger partial charge in [-0.1, -0.05) is 34.1 Å². The van der Waals surface area contributed by atoms with Crippen LogP contribution in [0.5, 0.6) is 0 Å². The number of aromatic nitrogens is 1. The van der Waals surface area contributed by atoms with Gasteiger partial charge >= 0.3 is 5.97 Å². The molecule has 3 rings (SSSR count). The molecule has 0 aromatic carbocycles. The molecule has 202 valence electrons. The van der Waals surface area contributed by atoms with Crippen molar-refractivity contribution in [1.29, 1.82) is 0 Å². The van der Waals surface area contributed by atoms with Gasteiger partial charge in [0.25, 0.3) is 0 Å². The fourth-order valence-electron chi connectivity index (χ4n) is 5.23. The average molecular weight is 558 g/mol. The molecule has 0 aliphatic carbocycles. The van der Waals surface area contributed by atoms with Gasteiger partial charge in [-0.05, 0) is 44.3 Å². The molecule has 0 bridgehead atoms. The van der Waals surface area contributed by atoms with Crippen LogP contribution in [0.1, 0.15) is 77.4 Å². The minimum Gasteiger partial charge on any atom is -0.458 e. The molecule has 0 N–H and O–H groups in total. The number of epoxide rings is 1. The Morgan fingerprint density at radius 3 is 2.53 bits per heavy atom. The highest BCUT2D eigenvalue weighted by Crippen LogP contribution is 2.38. The lowest BCUT2D eigenvalue weighted by molar-refractivity contribution is -0.153. The van der Waals surface area contributed by atoms with Crippen LogP contribution >= 0.6 is 30.3 Å². The van der Waals surface area contributed by atoms with E-state index in [9.17, 15) is 9.59 Å². The van der Waals surface area contributed by atoms with Crippen molar-refractivity contribution in [3.8, 4) is 0 Å². The fourth-order valence-corrected chi connectivity index (χ4v) is 6.74. The number of hydrogen-bond acceptors (Lipinski definition) is 8. The average Bonchev–Trinajstić information content (AvgIpc) is 3.43.